The highest BCUT2D eigenvalue weighted by molar-refractivity contribution is 14.1. The molecule has 0 aliphatic heterocycles. The molecule has 6 heteroatoms. The van der Waals surface area contributed by atoms with Crippen molar-refractivity contribution in [2.75, 3.05) is 11.0 Å². The van der Waals surface area contributed by atoms with Crippen LogP contribution < -0.4 is 5.32 Å². The molecule has 0 fully saturated rings. The van der Waals surface area contributed by atoms with Gasteiger partial charge in [-0.05, 0) is 30.3 Å². The number of benzene rings is 1. The average molecular weight is 390 g/mol. The van der Waals surface area contributed by atoms with E-state index >= 15 is 0 Å². The van der Waals surface area contributed by atoms with Gasteiger partial charge in [-0.3, -0.25) is 14.9 Å². The first-order chi connectivity index (χ1) is 9.57. The van der Waals surface area contributed by atoms with Gasteiger partial charge in [0.15, 0.2) is 0 Å². The molecule has 0 heterocycles. The van der Waals surface area contributed by atoms with Gasteiger partial charge >= 0.3 is 0 Å². The van der Waals surface area contributed by atoms with Gasteiger partial charge in [-0.1, -0.05) is 47.6 Å². The van der Waals surface area contributed by atoms with Crippen LogP contribution in [-0.2, 0) is 0 Å². The van der Waals surface area contributed by atoms with Gasteiger partial charge in [0.2, 0.25) is 0 Å². The van der Waals surface area contributed by atoms with Crippen LogP contribution in [0.4, 0.5) is 5.69 Å². The molecule has 110 valence electrons. The van der Waals surface area contributed by atoms with Crippen molar-refractivity contribution in [2.24, 2.45) is 0 Å². The molecule has 1 amide bonds. The van der Waals surface area contributed by atoms with Crippen molar-refractivity contribution >= 4 is 34.2 Å². The van der Waals surface area contributed by atoms with Crippen molar-refractivity contribution in [1.29, 1.82) is 0 Å². The number of nitrogens with zero attached hydrogens (tertiary/aromatic N) is 1. The third-order valence-electron chi connectivity index (χ3n) is 3.01. The molecule has 1 aromatic rings. The molecule has 0 atom stereocenters. The molecule has 0 saturated carbocycles. The minimum Gasteiger partial charge on any atom is -0.352 e. The Balaban J connectivity index is 2.56. The standard InChI is InChI=1S/C14H19IN2O3/c1-11-7-6-8-12(13(11)17(19)20)14(18)16-10-5-3-2-4-9-15/h6-8H,2-5,9-10H2,1H3,(H,16,18). The highest BCUT2D eigenvalue weighted by Gasteiger charge is 2.21. The van der Waals surface area contributed by atoms with Gasteiger partial charge in [0.05, 0.1) is 4.92 Å². The number of carbonyl (C=O) groups excluding carboxylic acids is 1. The number of unbranched alkanes of at least 4 members (excludes halogenated alkanes) is 3. The Kier molecular flexibility index (Phi) is 7.50. The molecule has 0 unspecified atom stereocenters. The van der Waals surface area contributed by atoms with Crippen LogP contribution in [0.5, 0.6) is 0 Å². The lowest BCUT2D eigenvalue weighted by Crippen LogP contribution is -2.25. The number of nitro groups is 1. The Bertz CT molecular complexity index is 477. The summed E-state index contributed by atoms with van der Waals surface area (Å²) in [5.41, 5.74) is 0.543. The van der Waals surface area contributed by atoms with Crippen LogP contribution in [0, 0.1) is 17.0 Å². The number of rotatable bonds is 8. The fourth-order valence-electron chi connectivity index (χ4n) is 1.95. The van der Waals surface area contributed by atoms with E-state index in [0.29, 0.717) is 12.1 Å². The number of hydrogen-bond acceptors (Lipinski definition) is 3. The summed E-state index contributed by atoms with van der Waals surface area (Å²) in [6.07, 6.45) is 4.32. The summed E-state index contributed by atoms with van der Waals surface area (Å²) in [6, 6.07) is 4.80. The van der Waals surface area contributed by atoms with E-state index in [-0.39, 0.29) is 17.2 Å². The number of amides is 1. The maximum absolute atomic E-state index is 12.0. The summed E-state index contributed by atoms with van der Waals surface area (Å²) in [5.74, 6) is -0.366. The Labute approximate surface area is 132 Å². The summed E-state index contributed by atoms with van der Waals surface area (Å²) in [5, 5.41) is 13.8. The first-order valence-electron chi connectivity index (χ1n) is 6.66. The highest BCUT2D eigenvalue weighted by atomic mass is 127. The second-order valence-corrected chi connectivity index (χ2v) is 5.67. The maximum Gasteiger partial charge on any atom is 0.285 e. The van der Waals surface area contributed by atoms with Crippen molar-refractivity contribution < 1.29 is 9.72 Å². The Morgan fingerprint density at radius 1 is 1.30 bits per heavy atom. The summed E-state index contributed by atoms with van der Waals surface area (Å²) in [7, 11) is 0. The lowest BCUT2D eigenvalue weighted by molar-refractivity contribution is -0.385. The summed E-state index contributed by atoms with van der Waals surface area (Å²) in [6.45, 7) is 2.20. The van der Waals surface area contributed by atoms with Crippen LogP contribution in [0.25, 0.3) is 0 Å². The lowest BCUT2D eigenvalue weighted by Gasteiger charge is -2.07. The fourth-order valence-corrected chi connectivity index (χ4v) is 2.49. The van der Waals surface area contributed by atoms with Gasteiger partial charge < -0.3 is 5.32 Å². The van der Waals surface area contributed by atoms with Crippen LogP contribution in [-0.4, -0.2) is 21.8 Å². The number of carbonyl (C=O) groups is 1. The van der Waals surface area contributed by atoms with E-state index in [1.54, 1.807) is 19.1 Å². The minimum atomic E-state index is -0.495. The first-order valence-corrected chi connectivity index (χ1v) is 8.18. The lowest BCUT2D eigenvalue weighted by atomic mass is 10.1. The van der Waals surface area contributed by atoms with Crippen LogP contribution in [0.3, 0.4) is 0 Å². The predicted octanol–water partition coefficient (Wildman–Crippen LogP) is 3.63. The molecule has 0 bridgehead atoms. The SMILES string of the molecule is Cc1cccc(C(=O)NCCCCCCI)c1[N+](=O)[O-]. The molecule has 0 aliphatic carbocycles. The van der Waals surface area contributed by atoms with Crippen molar-refractivity contribution in [2.45, 2.75) is 32.6 Å². The van der Waals surface area contributed by atoms with Crippen molar-refractivity contribution in [3.8, 4) is 0 Å². The molecule has 0 aromatic heterocycles. The minimum absolute atomic E-state index is 0.102. The third kappa shape index (κ3) is 5.07. The van der Waals surface area contributed by atoms with Gasteiger partial charge in [-0.2, -0.15) is 0 Å². The van der Waals surface area contributed by atoms with Crippen molar-refractivity contribution in [3.05, 3.63) is 39.4 Å². The summed E-state index contributed by atoms with van der Waals surface area (Å²) >= 11 is 2.35. The van der Waals surface area contributed by atoms with Gasteiger partial charge in [0, 0.05) is 12.1 Å². The monoisotopic (exact) mass is 390 g/mol. The Morgan fingerprint density at radius 2 is 2.00 bits per heavy atom. The molecule has 1 rings (SSSR count). The normalized spacial score (nSPS) is 10.3. The van der Waals surface area contributed by atoms with E-state index in [2.05, 4.69) is 27.9 Å². The summed E-state index contributed by atoms with van der Waals surface area (Å²) < 4.78 is 1.15. The quantitative estimate of drug-likeness (QED) is 0.242. The number of nitro benzene ring substituents is 1. The molecule has 5 nitrogen and oxygen atoms in total. The van der Waals surface area contributed by atoms with Crippen LogP contribution in [0.2, 0.25) is 0 Å². The van der Waals surface area contributed by atoms with E-state index in [0.717, 1.165) is 23.7 Å². The molecule has 1 N–H and O–H groups in total. The van der Waals surface area contributed by atoms with Gasteiger partial charge in [0.25, 0.3) is 11.6 Å². The van der Waals surface area contributed by atoms with Crippen molar-refractivity contribution in [3.63, 3.8) is 0 Å². The molecular formula is C14H19IN2O3. The van der Waals surface area contributed by atoms with Gasteiger partial charge in [-0.15, -0.1) is 0 Å². The van der Waals surface area contributed by atoms with E-state index in [1.807, 2.05) is 0 Å². The van der Waals surface area contributed by atoms with E-state index in [9.17, 15) is 14.9 Å². The topological polar surface area (TPSA) is 72.2 Å². The second kappa shape index (κ2) is 8.89. The zero-order valence-corrected chi connectivity index (χ0v) is 13.7. The van der Waals surface area contributed by atoms with Crippen LogP contribution >= 0.6 is 22.6 Å². The Morgan fingerprint density at radius 3 is 2.65 bits per heavy atom. The van der Waals surface area contributed by atoms with Gasteiger partial charge in [-0.25, -0.2) is 0 Å². The first kappa shape index (κ1) is 16.9. The van der Waals surface area contributed by atoms with Gasteiger partial charge in [0.1, 0.15) is 5.56 Å². The van der Waals surface area contributed by atoms with Crippen LogP contribution in [0.15, 0.2) is 18.2 Å². The largest absolute Gasteiger partial charge is 0.352 e. The molecule has 0 saturated heterocycles. The zero-order chi connectivity index (χ0) is 15.0. The molecule has 20 heavy (non-hydrogen) atoms. The molecule has 0 aliphatic rings. The molecule has 0 spiro atoms. The molecule has 1 aromatic carbocycles. The Hall–Kier alpha value is -1.18. The number of hydrogen-bond donors (Lipinski definition) is 1. The maximum atomic E-state index is 12.0. The molecular weight excluding hydrogens is 371 g/mol. The zero-order valence-electron chi connectivity index (χ0n) is 11.5. The molecule has 0 radical (unpaired) electrons. The summed E-state index contributed by atoms with van der Waals surface area (Å²) in [4.78, 5) is 22.5. The van der Waals surface area contributed by atoms with E-state index in [4.69, 9.17) is 0 Å². The number of alkyl halides is 1. The van der Waals surface area contributed by atoms with Crippen LogP contribution in [0.1, 0.15) is 41.6 Å². The van der Waals surface area contributed by atoms with E-state index in [1.165, 1.54) is 12.5 Å². The van der Waals surface area contributed by atoms with Crippen molar-refractivity contribution in [1.82, 2.24) is 5.32 Å². The smallest absolute Gasteiger partial charge is 0.285 e. The predicted molar refractivity (Wildman–Crippen MR) is 87.5 cm³/mol. The third-order valence-corrected chi connectivity index (χ3v) is 3.77. The number of halogens is 1. The number of aryl methyl sites for hydroxylation is 1. The number of nitrogens with one attached hydrogen (secondary N) is 1. The number of para-hydroxylation sites is 1. The second-order valence-electron chi connectivity index (χ2n) is 4.59. The van der Waals surface area contributed by atoms with E-state index < -0.39 is 4.92 Å². The highest BCUT2D eigenvalue weighted by Crippen LogP contribution is 2.22. The average Bonchev–Trinajstić information content (AvgIpc) is 2.41. The fraction of sp³-hybridized carbons (Fsp3) is 0.500.